The van der Waals surface area contributed by atoms with E-state index in [2.05, 4.69) is 28.8 Å². The molecule has 1 atom stereocenters. The van der Waals surface area contributed by atoms with E-state index in [4.69, 9.17) is 11.1 Å². The molecule has 2 heterocycles. The minimum atomic E-state index is 0.0511. The Kier molecular flexibility index (Phi) is 4.50. The second kappa shape index (κ2) is 6.12. The monoisotopic (exact) mass is 261 g/mol. The minimum Gasteiger partial charge on any atom is -0.382 e. The molecule has 19 heavy (non-hydrogen) atoms. The molecule has 0 bridgehead atoms. The lowest BCUT2D eigenvalue weighted by Gasteiger charge is -2.28. The molecule has 1 fully saturated rings. The van der Waals surface area contributed by atoms with Gasteiger partial charge in [-0.25, -0.2) is 0 Å². The number of amidine groups is 1. The van der Waals surface area contributed by atoms with Gasteiger partial charge in [0.25, 0.3) is 0 Å². The lowest BCUT2D eigenvalue weighted by molar-refractivity contribution is 0.194. The summed E-state index contributed by atoms with van der Waals surface area (Å²) in [4.78, 5) is 9.05. The first-order valence-corrected chi connectivity index (χ1v) is 6.79. The molecule has 104 valence electrons. The zero-order chi connectivity index (χ0) is 13.8. The second-order valence-corrected chi connectivity index (χ2v) is 5.36. The zero-order valence-electron chi connectivity index (χ0n) is 11.8. The fraction of sp³-hybridized carbons (Fsp3) is 0.571. The molecule has 0 saturated carbocycles. The number of nitrogens with zero attached hydrogens (tertiary/aromatic N) is 3. The Morgan fingerprint density at radius 2 is 2.32 bits per heavy atom. The second-order valence-electron chi connectivity index (χ2n) is 5.36. The number of rotatable bonds is 3. The van der Waals surface area contributed by atoms with E-state index in [0.29, 0.717) is 11.7 Å². The number of aromatic nitrogens is 1. The number of pyridine rings is 1. The van der Waals surface area contributed by atoms with E-state index < -0.39 is 0 Å². The predicted octanol–water partition coefficient (Wildman–Crippen LogP) is 0.892. The summed E-state index contributed by atoms with van der Waals surface area (Å²) in [6.07, 6.45) is 2.87. The molecule has 5 nitrogen and oxygen atoms in total. The third kappa shape index (κ3) is 3.52. The van der Waals surface area contributed by atoms with Crippen LogP contribution >= 0.6 is 0 Å². The molecular weight excluding hydrogens is 238 g/mol. The van der Waals surface area contributed by atoms with Crippen molar-refractivity contribution in [2.45, 2.75) is 25.9 Å². The first kappa shape index (κ1) is 14.0. The van der Waals surface area contributed by atoms with Gasteiger partial charge in [0, 0.05) is 31.9 Å². The Morgan fingerprint density at radius 3 is 3.05 bits per heavy atom. The van der Waals surface area contributed by atoms with Crippen LogP contribution in [0.25, 0.3) is 0 Å². The molecule has 0 aromatic carbocycles. The van der Waals surface area contributed by atoms with Crippen LogP contribution in [-0.4, -0.2) is 53.3 Å². The molecule has 1 aliphatic rings. The molecule has 1 aromatic heterocycles. The van der Waals surface area contributed by atoms with Crippen LogP contribution in [0.1, 0.15) is 24.6 Å². The van der Waals surface area contributed by atoms with Crippen LogP contribution in [-0.2, 0) is 6.54 Å². The number of likely N-dealkylation sites (N-methyl/N-ethyl adjacent to an activating group) is 1. The summed E-state index contributed by atoms with van der Waals surface area (Å²) in [6.45, 7) is 6.38. The maximum Gasteiger partial charge on any atom is 0.142 e. The average Bonchev–Trinajstić information content (AvgIpc) is 2.52. The molecule has 1 unspecified atom stereocenters. The van der Waals surface area contributed by atoms with Crippen LogP contribution < -0.4 is 5.73 Å². The number of nitrogens with one attached hydrogen (secondary N) is 1. The molecule has 0 amide bonds. The van der Waals surface area contributed by atoms with Crippen molar-refractivity contribution in [1.82, 2.24) is 14.8 Å². The first-order valence-electron chi connectivity index (χ1n) is 6.79. The summed E-state index contributed by atoms with van der Waals surface area (Å²) in [5, 5.41) is 7.61. The van der Waals surface area contributed by atoms with E-state index in [1.165, 1.54) is 6.42 Å². The van der Waals surface area contributed by atoms with E-state index >= 15 is 0 Å². The van der Waals surface area contributed by atoms with Crippen molar-refractivity contribution in [2.75, 3.05) is 26.7 Å². The van der Waals surface area contributed by atoms with Gasteiger partial charge in [-0.2, -0.15) is 0 Å². The van der Waals surface area contributed by atoms with Crippen molar-refractivity contribution in [3.63, 3.8) is 0 Å². The fourth-order valence-corrected chi connectivity index (χ4v) is 2.68. The van der Waals surface area contributed by atoms with Crippen molar-refractivity contribution in [1.29, 1.82) is 5.41 Å². The van der Waals surface area contributed by atoms with Crippen molar-refractivity contribution >= 4 is 5.84 Å². The van der Waals surface area contributed by atoms with Gasteiger partial charge in [0.15, 0.2) is 0 Å². The Hall–Kier alpha value is -1.46. The van der Waals surface area contributed by atoms with Crippen molar-refractivity contribution in [3.05, 3.63) is 29.6 Å². The van der Waals surface area contributed by atoms with Gasteiger partial charge in [-0.15, -0.1) is 0 Å². The van der Waals surface area contributed by atoms with Crippen molar-refractivity contribution < 1.29 is 0 Å². The van der Waals surface area contributed by atoms with Crippen LogP contribution in [0, 0.1) is 5.41 Å². The van der Waals surface area contributed by atoms with Gasteiger partial charge in [0.1, 0.15) is 11.5 Å². The lowest BCUT2D eigenvalue weighted by atomic mass is 10.1. The predicted molar refractivity (Wildman–Crippen MR) is 77.2 cm³/mol. The van der Waals surface area contributed by atoms with Crippen LogP contribution in [0.5, 0.6) is 0 Å². The first-order chi connectivity index (χ1) is 9.08. The minimum absolute atomic E-state index is 0.0511. The van der Waals surface area contributed by atoms with Gasteiger partial charge in [0.2, 0.25) is 0 Å². The highest BCUT2D eigenvalue weighted by molar-refractivity contribution is 5.94. The summed E-state index contributed by atoms with van der Waals surface area (Å²) in [5.41, 5.74) is 7.27. The smallest absolute Gasteiger partial charge is 0.142 e. The highest BCUT2D eigenvalue weighted by Gasteiger charge is 2.20. The Morgan fingerprint density at radius 1 is 1.53 bits per heavy atom. The van der Waals surface area contributed by atoms with E-state index in [1.807, 2.05) is 12.1 Å². The summed E-state index contributed by atoms with van der Waals surface area (Å²) in [6, 6.07) is 4.44. The van der Waals surface area contributed by atoms with E-state index in [0.717, 1.165) is 31.7 Å². The fourth-order valence-electron chi connectivity index (χ4n) is 2.68. The van der Waals surface area contributed by atoms with Gasteiger partial charge in [-0.3, -0.25) is 15.3 Å². The zero-order valence-corrected chi connectivity index (χ0v) is 11.8. The maximum absolute atomic E-state index is 7.61. The summed E-state index contributed by atoms with van der Waals surface area (Å²) in [7, 11) is 2.17. The van der Waals surface area contributed by atoms with Gasteiger partial charge in [-0.05, 0) is 38.6 Å². The summed E-state index contributed by atoms with van der Waals surface area (Å²) >= 11 is 0. The molecule has 1 saturated heterocycles. The van der Waals surface area contributed by atoms with Gasteiger partial charge >= 0.3 is 0 Å². The van der Waals surface area contributed by atoms with Crippen LogP contribution in [0.2, 0.25) is 0 Å². The molecular formula is C14H23N5. The van der Waals surface area contributed by atoms with Crippen molar-refractivity contribution in [2.24, 2.45) is 5.73 Å². The third-order valence-corrected chi connectivity index (χ3v) is 3.70. The number of hydrogen-bond donors (Lipinski definition) is 2. The van der Waals surface area contributed by atoms with Crippen molar-refractivity contribution in [3.8, 4) is 0 Å². The normalized spacial score (nSPS) is 22.1. The Labute approximate surface area is 114 Å². The molecule has 0 spiro atoms. The lowest BCUT2D eigenvalue weighted by Crippen LogP contribution is -2.37. The maximum atomic E-state index is 7.61. The third-order valence-electron chi connectivity index (χ3n) is 3.70. The largest absolute Gasteiger partial charge is 0.382 e. The average molecular weight is 261 g/mol. The van der Waals surface area contributed by atoms with Gasteiger partial charge in [-0.1, -0.05) is 6.07 Å². The highest BCUT2D eigenvalue weighted by atomic mass is 15.2. The Balaban J connectivity index is 2.14. The standard InChI is InChI=1S/C14H23N5/c1-11-9-18(2)7-4-8-19(11)10-12-5-3-6-17-13(12)14(15)16/h3,5-6,11H,4,7-10H2,1-2H3,(H3,15,16). The summed E-state index contributed by atoms with van der Waals surface area (Å²) < 4.78 is 0. The van der Waals surface area contributed by atoms with E-state index in [-0.39, 0.29) is 5.84 Å². The molecule has 2 rings (SSSR count). The number of hydrogen-bond acceptors (Lipinski definition) is 4. The molecule has 1 aliphatic heterocycles. The van der Waals surface area contributed by atoms with Crippen LogP contribution in [0.4, 0.5) is 0 Å². The van der Waals surface area contributed by atoms with Crippen LogP contribution in [0.15, 0.2) is 18.3 Å². The van der Waals surface area contributed by atoms with Gasteiger partial charge < -0.3 is 10.6 Å². The molecule has 5 heteroatoms. The number of nitrogen functional groups attached to an aromatic ring is 1. The molecule has 0 aliphatic carbocycles. The SMILES string of the molecule is CC1CN(C)CCCN1Cc1cccnc1C(=N)N. The quantitative estimate of drug-likeness (QED) is 0.626. The molecule has 3 N–H and O–H groups in total. The van der Waals surface area contributed by atoms with E-state index in [1.54, 1.807) is 6.20 Å². The van der Waals surface area contributed by atoms with Gasteiger partial charge in [0.05, 0.1) is 0 Å². The topological polar surface area (TPSA) is 69.2 Å². The molecule has 1 aromatic rings. The Bertz CT molecular complexity index is 445. The summed E-state index contributed by atoms with van der Waals surface area (Å²) in [5.74, 6) is 0.0511. The highest BCUT2D eigenvalue weighted by Crippen LogP contribution is 2.15. The van der Waals surface area contributed by atoms with Crippen LogP contribution in [0.3, 0.4) is 0 Å². The number of nitrogens with two attached hydrogens (primary N) is 1. The van der Waals surface area contributed by atoms with E-state index in [9.17, 15) is 0 Å². The molecule has 0 radical (unpaired) electrons.